The van der Waals surface area contributed by atoms with Crippen LogP contribution in [0.4, 0.5) is 21.7 Å². The van der Waals surface area contributed by atoms with E-state index < -0.39 is 21.7 Å². The van der Waals surface area contributed by atoms with E-state index in [1.54, 1.807) is 12.1 Å². The van der Waals surface area contributed by atoms with E-state index in [9.17, 15) is 17.6 Å². The summed E-state index contributed by atoms with van der Waals surface area (Å²) in [6.45, 7) is 8.92. The molecule has 4 rings (SSSR count). The largest absolute Gasteiger partial charge is 0.492 e. The fourth-order valence-corrected chi connectivity index (χ4v) is 4.64. The monoisotopic (exact) mass is 572 g/mol. The lowest BCUT2D eigenvalue weighted by molar-refractivity contribution is 0.102. The van der Waals surface area contributed by atoms with Crippen LogP contribution in [0.1, 0.15) is 36.7 Å². The van der Waals surface area contributed by atoms with Gasteiger partial charge in [-0.1, -0.05) is 20.8 Å². The third kappa shape index (κ3) is 7.16. The van der Waals surface area contributed by atoms with E-state index in [0.717, 1.165) is 44.1 Å². The van der Waals surface area contributed by atoms with Gasteiger partial charge in [-0.15, -0.1) is 0 Å². The Balaban J connectivity index is 1.62. The first-order valence-electron chi connectivity index (χ1n) is 12.6. The van der Waals surface area contributed by atoms with Gasteiger partial charge in [0.05, 0.1) is 24.7 Å². The number of hydrogen-bond acceptors (Lipinski definition) is 9. The molecule has 1 aliphatic heterocycles. The van der Waals surface area contributed by atoms with Gasteiger partial charge in [0.15, 0.2) is 17.3 Å². The van der Waals surface area contributed by atoms with Crippen LogP contribution in [-0.4, -0.2) is 63.8 Å². The Kier molecular flexibility index (Phi) is 8.45. The standard InChI is InChI=1S/C27H33FN6O5S/c1-27(2,3)18-15-20(24(38-4)21(16-18)33-40(5,36)37)31-25(35)17-6-7-19(28)22(14-17)39-23-8-9-30-26(32-23)34-12-10-29-11-13-34/h6-9,14-16,29,33H,10-13H2,1-5H3,(H,31,35). The number of nitrogens with zero attached hydrogens (tertiary/aromatic N) is 3. The maximum atomic E-state index is 14.7. The number of methoxy groups -OCH3 is 1. The summed E-state index contributed by atoms with van der Waals surface area (Å²) in [6.07, 6.45) is 2.56. The number of carbonyl (C=O) groups is 1. The number of piperazine rings is 1. The van der Waals surface area contributed by atoms with Gasteiger partial charge in [0.25, 0.3) is 5.91 Å². The zero-order chi connectivity index (χ0) is 29.1. The quantitative estimate of drug-likeness (QED) is 0.369. The fourth-order valence-electron chi connectivity index (χ4n) is 4.09. The Labute approximate surface area is 233 Å². The van der Waals surface area contributed by atoms with Crippen molar-refractivity contribution in [3.05, 3.63) is 59.5 Å². The second-order valence-electron chi connectivity index (χ2n) is 10.4. The number of aromatic nitrogens is 2. The van der Waals surface area contributed by atoms with E-state index in [4.69, 9.17) is 9.47 Å². The van der Waals surface area contributed by atoms with Gasteiger partial charge in [0.2, 0.25) is 21.9 Å². The SMILES string of the molecule is COc1c(NC(=O)c2ccc(F)c(Oc3ccnc(N4CCNCC4)n3)c2)cc(C(C)(C)C)cc1NS(C)(=O)=O. The molecule has 2 heterocycles. The molecule has 40 heavy (non-hydrogen) atoms. The lowest BCUT2D eigenvalue weighted by atomic mass is 9.86. The Bertz CT molecular complexity index is 1500. The minimum atomic E-state index is -3.64. The van der Waals surface area contributed by atoms with Gasteiger partial charge in [-0.3, -0.25) is 9.52 Å². The average Bonchev–Trinajstić information content (AvgIpc) is 2.89. The molecule has 0 unspecified atom stereocenters. The third-order valence-corrected chi connectivity index (χ3v) is 6.72. The number of halogens is 1. The van der Waals surface area contributed by atoms with Crippen molar-refractivity contribution in [3.8, 4) is 17.4 Å². The van der Waals surface area contributed by atoms with Gasteiger partial charge in [-0.05, 0) is 41.3 Å². The molecule has 11 nitrogen and oxygen atoms in total. The van der Waals surface area contributed by atoms with Gasteiger partial charge < -0.3 is 25.0 Å². The number of anilines is 3. The minimum Gasteiger partial charge on any atom is -0.492 e. The van der Waals surface area contributed by atoms with E-state index in [2.05, 4.69) is 25.3 Å². The Morgan fingerprint density at radius 1 is 1.10 bits per heavy atom. The second kappa shape index (κ2) is 11.6. The molecule has 0 saturated carbocycles. The van der Waals surface area contributed by atoms with Crippen LogP contribution < -0.4 is 29.7 Å². The lowest BCUT2D eigenvalue weighted by Gasteiger charge is -2.27. The third-order valence-electron chi connectivity index (χ3n) is 6.13. The molecule has 1 fully saturated rings. The number of amides is 1. The van der Waals surface area contributed by atoms with Crippen molar-refractivity contribution < 1.29 is 27.1 Å². The maximum Gasteiger partial charge on any atom is 0.255 e. The van der Waals surface area contributed by atoms with E-state index >= 15 is 0 Å². The molecule has 0 atom stereocenters. The van der Waals surface area contributed by atoms with Crippen molar-refractivity contribution in [1.82, 2.24) is 15.3 Å². The van der Waals surface area contributed by atoms with E-state index in [1.165, 1.54) is 31.5 Å². The van der Waals surface area contributed by atoms with Gasteiger partial charge in [0, 0.05) is 44.0 Å². The molecule has 1 aromatic heterocycles. The van der Waals surface area contributed by atoms with Crippen molar-refractivity contribution in [1.29, 1.82) is 0 Å². The van der Waals surface area contributed by atoms with Gasteiger partial charge in [0.1, 0.15) is 0 Å². The Hall–Kier alpha value is -3.97. The molecule has 1 amide bonds. The van der Waals surface area contributed by atoms with Crippen LogP contribution in [0.2, 0.25) is 0 Å². The molecule has 13 heteroatoms. The van der Waals surface area contributed by atoms with E-state index in [1.807, 2.05) is 25.7 Å². The molecule has 1 saturated heterocycles. The van der Waals surface area contributed by atoms with Crippen molar-refractivity contribution >= 4 is 33.3 Å². The van der Waals surface area contributed by atoms with Crippen molar-refractivity contribution in [3.63, 3.8) is 0 Å². The number of ether oxygens (including phenoxy) is 2. The number of sulfonamides is 1. The second-order valence-corrected chi connectivity index (χ2v) is 12.1. The molecule has 214 valence electrons. The first kappa shape index (κ1) is 29.0. The van der Waals surface area contributed by atoms with Crippen molar-refractivity contribution in [2.45, 2.75) is 26.2 Å². The zero-order valence-electron chi connectivity index (χ0n) is 23.0. The average molecular weight is 573 g/mol. The molecule has 0 radical (unpaired) electrons. The van der Waals surface area contributed by atoms with Crippen LogP contribution in [0, 0.1) is 5.82 Å². The highest BCUT2D eigenvalue weighted by atomic mass is 32.2. The Morgan fingerprint density at radius 2 is 1.80 bits per heavy atom. The fraction of sp³-hybridized carbons (Fsp3) is 0.370. The van der Waals surface area contributed by atoms with Crippen molar-refractivity contribution in [2.75, 3.05) is 54.5 Å². The van der Waals surface area contributed by atoms with Crippen LogP contribution in [0.25, 0.3) is 0 Å². The number of benzene rings is 2. The van der Waals surface area contributed by atoms with E-state index in [-0.39, 0.29) is 39.7 Å². The summed E-state index contributed by atoms with van der Waals surface area (Å²) < 4.78 is 52.3. The summed E-state index contributed by atoms with van der Waals surface area (Å²) in [6, 6.07) is 8.60. The molecule has 2 aromatic carbocycles. The molecule has 1 aliphatic rings. The zero-order valence-corrected chi connectivity index (χ0v) is 23.9. The molecule has 0 bridgehead atoms. The van der Waals surface area contributed by atoms with Crippen LogP contribution in [0.3, 0.4) is 0 Å². The highest BCUT2D eigenvalue weighted by Crippen LogP contribution is 2.39. The van der Waals surface area contributed by atoms with Crippen molar-refractivity contribution in [2.24, 2.45) is 0 Å². The molecule has 3 aromatic rings. The smallest absolute Gasteiger partial charge is 0.255 e. The number of hydrogen-bond donors (Lipinski definition) is 3. The summed E-state index contributed by atoms with van der Waals surface area (Å²) in [5.74, 6) is -0.706. The Morgan fingerprint density at radius 3 is 2.45 bits per heavy atom. The van der Waals surface area contributed by atoms with Crippen LogP contribution >= 0.6 is 0 Å². The molecule has 0 spiro atoms. The molecule has 3 N–H and O–H groups in total. The number of carbonyl (C=O) groups excluding carboxylic acids is 1. The topological polar surface area (TPSA) is 135 Å². The lowest BCUT2D eigenvalue weighted by Crippen LogP contribution is -2.44. The highest BCUT2D eigenvalue weighted by Gasteiger charge is 2.23. The summed E-state index contributed by atoms with van der Waals surface area (Å²) in [7, 11) is -2.27. The van der Waals surface area contributed by atoms with Gasteiger partial charge >= 0.3 is 0 Å². The van der Waals surface area contributed by atoms with Gasteiger partial charge in [-0.25, -0.2) is 17.8 Å². The molecule has 0 aliphatic carbocycles. The minimum absolute atomic E-state index is 0.105. The van der Waals surface area contributed by atoms with Crippen LogP contribution in [-0.2, 0) is 15.4 Å². The number of nitrogens with one attached hydrogen (secondary N) is 3. The highest BCUT2D eigenvalue weighted by molar-refractivity contribution is 7.92. The van der Waals surface area contributed by atoms with Gasteiger partial charge in [-0.2, -0.15) is 4.98 Å². The first-order chi connectivity index (χ1) is 18.8. The predicted octanol–water partition coefficient (Wildman–Crippen LogP) is 3.75. The van der Waals surface area contributed by atoms with Crippen LogP contribution in [0.15, 0.2) is 42.6 Å². The first-order valence-corrected chi connectivity index (χ1v) is 14.5. The maximum absolute atomic E-state index is 14.7. The predicted molar refractivity (Wildman–Crippen MR) is 152 cm³/mol. The summed E-state index contributed by atoms with van der Waals surface area (Å²) >= 11 is 0. The number of rotatable bonds is 8. The summed E-state index contributed by atoms with van der Waals surface area (Å²) in [5.41, 5.74) is 0.905. The summed E-state index contributed by atoms with van der Waals surface area (Å²) in [5, 5.41) is 6.02. The van der Waals surface area contributed by atoms with Crippen LogP contribution in [0.5, 0.6) is 17.4 Å². The normalized spacial score (nSPS) is 14.0. The van der Waals surface area contributed by atoms with E-state index in [0.29, 0.717) is 5.95 Å². The summed E-state index contributed by atoms with van der Waals surface area (Å²) in [4.78, 5) is 24.0. The molecular weight excluding hydrogens is 539 g/mol. The molecular formula is C27H33FN6O5S.